The molecule has 0 aromatic carbocycles. The van der Waals surface area contributed by atoms with Gasteiger partial charge in [0.05, 0.1) is 7.11 Å². The van der Waals surface area contributed by atoms with Crippen molar-refractivity contribution in [3.63, 3.8) is 0 Å². The number of carbonyl (C=O) groups excluding carboxylic acids is 1. The summed E-state index contributed by atoms with van der Waals surface area (Å²) in [4.78, 5) is 15.6. The summed E-state index contributed by atoms with van der Waals surface area (Å²) in [5.74, 6) is -0.204. The predicted molar refractivity (Wildman–Crippen MR) is 72.5 cm³/mol. The average molecular weight is 307 g/mol. The van der Waals surface area contributed by atoms with Gasteiger partial charge in [-0.15, -0.1) is 0 Å². The van der Waals surface area contributed by atoms with Crippen LogP contribution in [0.2, 0.25) is 0 Å². The maximum absolute atomic E-state index is 11.3. The van der Waals surface area contributed by atoms with Crippen molar-refractivity contribution in [3.05, 3.63) is 0 Å². The van der Waals surface area contributed by atoms with Crippen LogP contribution in [0.15, 0.2) is 0 Å². The Morgan fingerprint density at radius 1 is 1.41 bits per heavy atom. The van der Waals surface area contributed by atoms with Crippen LogP contribution in [-0.4, -0.2) is 67.5 Å². The number of hydrogen-bond donors (Lipinski definition) is 0. The molecular weight excluding hydrogens is 284 g/mol. The van der Waals surface area contributed by atoms with Crippen molar-refractivity contribution in [2.24, 2.45) is 0 Å². The van der Waals surface area contributed by atoms with E-state index in [-0.39, 0.29) is 10.8 Å². The third kappa shape index (κ3) is 3.66. The molecule has 1 rings (SSSR count). The second-order valence-electron chi connectivity index (χ2n) is 5.16. The highest BCUT2D eigenvalue weighted by molar-refractivity contribution is 9.10. The molecule has 100 valence electrons. The molecule has 17 heavy (non-hydrogen) atoms. The van der Waals surface area contributed by atoms with Crippen molar-refractivity contribution in [3.8, 4) is 0 Å². The van der Waals surface area contributed by atoms with E-state index in [9.17, 15) is 4.79 Å². The number of nitrogens with zero attached hydrogens (tertiary/aromatic N) is 2. The van der Waals surface area contributed by atoms with Gasteiger partial charge in [0.15, 0.2) is 0 Å². The van der Waals surface area contributed by atoms with E-state index in [1.54, 1.807) is 0 Å². The number of methoxy groups -OCH3 is 1. The summed E-state index contributed by atoms with van der Waals surface area (Å²) in [6.07, 6.45) is 3.80. The first kappa shape index (κ1) is 14.9. The van der Waals surface area contributed by atoms with Gasteiger partial charge in [-0.1, -0.05) is 15.9 Å². The van der Waals surface area contributed by atoms with Crippen LogP contribution in [0.25, 0.3) is 0 Å². The number of esters is 1. The number of carbonyl (C=O) groups is 1. The second-order valence-corrected chi connectivity index (χ2v) is 6.27. The molecular formula is C12H23BrN2O2. The topological polar surface area (TPSA) is 32.8 Å². The Bertz CT molecular complexity index is 267. The summed E-state index contributed by atoms with van der Waals surface area (Å²) in [6, 6.07) is 0. The Morgan fingerprint density at radius 3 is 2.35 bits per heavy atom. The molecule has 1 saturated carbocycles. The van der Waals surface area contributed by atoms with Gasteiger partial charge in [0.25, 0.3) is 0 Å². The van der Waals surface area contributed by atoms with Crippen LogP contribution in [0.4, 0.5) is 0 Å². The van der Waals surface area contributed by atoms with E-state index in [1.807, 2.05) is 0 Å². The molecule has 0 aromatic heterocycles. The fourth-order valence-corrected chi connectivity index (χ4v) is 3.06. The lowest BCUT2D eigenvalue weighted by atomic mass is 9.75. The van der Waals surface area contributed by atoms with E-state index in [4.69, 9.17) is 4.74 Å². The van der Waals surface area contributed by atoms with Crippen LogP contribution in [0.1, 0.15) is 19.3 Å². The lowest BCUT2D eigenvalue weighted by Gasteiger charge is -2.49. The zero-order valence-electron chi connectivity index (χ0n) is 11.2. The van der Waals surface area contributed by atoms with Crippen molar-refractivity contribution in [1.82, 2.24) is 9.80 Å². The summed E-state index contributed by atoms with van der Waals surface area (Å²) < 4.78 is 4.71. The highest BCUT2D eigenvalue weighted by Crippen LogP contribution is 2.36. The monoisotopic (exact) mass is 306 g/mol. The molecule has 1 unspecified atom stereocenters. The van der Waals surface area contributed by atoms with Crippen molar-refractivity contribution in [2.75, 3.05) is 41.3 Å². The summed E-state index contributed by atoms with van der Waals surface area (Å²) in [7, 11) is 7.75. The molecule has 0 radical (unpaired) electrons. The number of ether oxygens (including phenoxy) is 1. The van der Waals surface area contributed by atoms with E-state index in [0.29, 0.717) is 12.1 Å². The molecule has 0 saturated heterocycles. The highest BCUT2D eigenvalue weighted by Gasteiger charge is 2.40. The zero-order valence-corrected chi connectivity index (χ0v) is 12.8. The summed E-state index contributed by atoms with van der Waals surface area (Å²) in [6.45, 7) is 1.68. The molecule has 0 N–H and O–H groups in total. The number of likely N-dealkylation sites (N-methyl/N-ethyl adjacent to an activating group) is 2. The van der Waals surface area contributed by atoms with Gasteiger partial charge < -0.3 is 14.5 Å². The summed E-state index contributed by atoms with van der Waals surface area (Å²) in [5, 5.41) is 0. The van der Waals surface area contributed by atoms with Crippen LogP contribution in [-0.2, 0) is 9.53 Å². The van der Waals surface area contributed by atoms with Crippen LogP contribution in [0, 0.1) is 0 Å². The number of rotatable bonds is 6. The molecule has 4 nitrogen and oxygen atoms in total. The minimum absolute atomic E-state index is 0.204. The smallest absolute Gasteiger partial charge is 0.320 e. The van der Waals surface area contributed by atoms with Crippen molar-refractivity contribution in [2.45, 2.75) is 29.6 Å². The van der Waals surface area contributed by atoms with Gasteiger partial charge in [-0.2, -0.15) is 0 Å². The van der Waals surface area contributed by atoms with Crippen LogP contribution in [0.3, 0.4) is 0 Å². The van der Waals surface area contributed by atoms with E-state index < -0.39 is 0 Å². The molecule has 0 aromatic rings. The largest absolute Gasteiger partial charge is 0.468 e. The Kier molecular flexibility index (Phi) is 5.41. The van der Waals surface area contributed by atoms with E-state index >= 15 is 0 Å². The maximum Gasteiger partial charge on any atom is 0.320 e. The van der Waals surface area contributed by atoms with Crippen molar-refractivity contribution in [1.29, 1.82) is 0 Å². The molecule has 5 heteroatoms. The average Bonchev–Trinajstić information content (AvgIpc) is 2.21. The van der Waals surface area contributed by atoms with Gasteiger partial charge in [-0.3, -0.25) is 4.79 Å². The molecule has 1 atom stereocenters. The maximum atomic E-state index is 11.3. The first-order chi connectivity index (χ1) is 7.91. The minimum Gasteiger partial charge on any atom is -0.468 e. The quantitative estimate of drug-likeness (QED) is 0.548. The second kappa shape index (κ2) is 6.16. The van der Waals surface area contributed by atoms with Crippen molar-refractivity contribution < 1.29 is 9.53 Å². The third-order valence-corrected chi connectivity index (χ3v) is 4.39. The standard InChI is InChI=1S/C12H23BrN2O2/c1-14(2)12(6-5-7-12)9-15(3)8-10(13)11(16)17-4/h10H,5-9H2,1-4H3. The molecule has 1 aliphatic rings. The van der Waals surface area contributed by atoms with E-state index in [1.165, 1.54) is 26.4 Å². The summed E-state index contributed by atoms with van der Waals surface area (Å²) >= 11 is 3.36. The zero-order chi connectivity index (χ0) is 13.1. The lowest BCUT2D eigenvalue weighted by molar-refractivity contribution is -0.140. The van der Waals surface area contributed by atoms with E-state index in [0.717, 1.165) is 6.54 Å². The van der Waals surface area contributed by atoms with Crippen LogP contribution in [0.5, 0.6) is 0 Å². The third-order valence-electron chi connectivity index (χ3n) is 3.73. The fourth-order valence-electron chi connectivity index (χ4n) is 2.37. The highest BCUT2D eigenvalue weighted by atomic mass is 79.9. The van der Waals surface area contributed by atoms with E-state index in [2.05, 4.69) is 46.9 Å². The normalized spacial score (nSPS) is 20.2. The van der Waals surface area contributed by atoms with Crippen LogP contribution < -0.4 is 0 Å². The van der Waals surface area contributed by atoms with Crippen molar-refractivity contribution >= 4 is 21.9 Å². The Labute approximate surface area is 112 Å². The molecule has 1 aliphatic carbocycles. The molecule has 0 bridgehead atoms. The fraction of sp³-hybridized carbons (Fsp3) is 0.917. The van der Waals surface area contributed by atoms with Gasteiger partial charge in [-0.25, -0.2) is 0 Å². The predicted octanol–water partition coefficient (Wildman–Crippen LogP) is 1.34. The lowest BCUT2D eigenvalue weighted by Crippen LogP contribution is -2.57. The Balaban J connectivity index is 2.43. The number of halogens is 1. The SMILES string of the molecule is COC(=O)C(Br)CN(C)CC1(N(C)C)CCC1. The summed E-state index contributed by atoms with van der Waals surface area (Å²) in [5.41, 5.74) is 0.303. The molecule has 0 spiro atoms. The first-order valence-corrected chi connectivity index (χ1v) is 6.91. The Morgan fingerprint density at radius 2 is 2.00 bits per heavy atom. The van der Waals surface area contributed by atoms with Gasteiger partial charge in [-0.05, 0) is 40.4 Å². The molecule has 0 heterocycles. The first-order valence-electron chi connectivity index (χ1n) is 5.99. The van der Waals surface area contributed by atoms with Gasteiger partial charge in [0.2, 0.25) is 0 Å². The molecule has 0 aliphatic heterocycles. The Hall–Kier alpha value is -0.130. The number of alkyl halides is 1. The van der Waals surface area contributed by atoms with Crippen LogP contribution >= 0.6 is 15.9 Å². The van der Waals surface area contributed by atoms with Gasteiger partial charge in [0, 0.05) is 18.6 Å². The molecule has 0 amide bonds. The molecule has 1 fully saturated rings. The number of hydrogen-bond acceptors (Lipinski definition) is 4. The van der Waals surface area contributed by atoms with Gasteiger partial charge in [0.1, 0.15) is 4.83 Å². The minimum atomic E-state index is -0.239. The van der Waals surface area contributed by atoms with Gasteiger partial charge >= 0.3 is 5.97 Å².